The van der Waals surface area contributed by atoms with Crippen LogP contribution in [0.1, 0.15) is 71.3 Å². The van der Waals surface area contributed by atoms with Crippen molar-refractivity contribution in [3.8, 4) is 5.75 Å². The van der Waals surface area contributed by atoms with Gasteiger partial charge in [-0.05, 0) is 47.8 Å². The van der Waals surface area contributed by atoms with Crippen LogP contribution in [0.25, 0.3) is 0 Å². The number of phenolic OH excluding ortho intramolecular Hbond substituents is 1. The van der Waals surface area contributed by atoms with Crippen molar-refractivity contribution < 1.29 is 19.4 Å². The Morgan fingerprint density at radius 1 is 1.00 bits per heavy atom. The van der Waals surface area contributed by atoms with E-state index in [1.807, 2.05) is 0 Å². The first-order chi connectivity index (χ1) is 15.4. The first-order valence-corrected chi connectivity index (χ1v) is 12.1. The number of phenols is 1. The third kappa shape index (κ3) is 4.50. The highest BCUT2D eigenvalue weighted by Gasteiger charge is 2.48. The van der Waals surface area contributed by atoms with Gasteiger partial charge in [0.05, 0.1) is 5.02 Å². The molecule has 5 nitrogen and oxygen atoms in total. The molecule has 0 unspecified atom stereocenters. The third-order valence-corrected chi connectivity index (χ3v) is 7.36. The lowest BCUT2D eigenvalue weighted by Crippen LogP contribution is -2.44. The smallest absolute Gasteiger partial charge is 0.162 e. The highest BCUT2D eigenvalue weighted by atomic mass is 35.5. The lowest BCUT2D eigenvalue weighted by atomic mass is 9.63. The van der Waals surface area contributed by atoms with E-state index >= 15 is 0 Å². The first-order valence-electron chi connectivity index (χ1n) is 11.7. The number of benzene rings is 1. The van der Waals surface area contributed by atoms with Crippen LogP contribution in [0.4, 0.5) is 0 Å². The van der Waals surface area contributed by atoms with Gasteiger partial charge in [0.25, 0.3) is 0 Å². The van der Waals surface area contributed by atoms with E-state index in [4.69, 9.17) is 16.3 Å². The predicted octanol–water partition coefficient (Wildman–Crippen LogP) is 5.77. The van der Waals surface area contributed by atoms with Crippen molar-refractivity contribution in [2.45, 2.75) is 65.7 Å². The molecule has 33 heavy (non-hydrogen) atoms. The predicted molar refractivity (Wildman–Crippen MR) is 129 cm³/mol. The van der Waals surface area contributed by atoms with Crippen molar-refractivity contribution in [1.82, 2.24) is 4.90 Å². The average Bonchev–Trinajstić information content (AvgIpc) is 2.69. The summed E-state index contributed by atoms with van der Waals surface area (Å²) < 4.78 is 5.31. The topological polar surface area (TPSA) is 66.8 Å². The fourth-order valence-corrected chi connectivity index (χ4v) is 5.91. The molecule has 0 radical (unpaired) electrons. The molecular weight excluding hydrogens is 438 g/mol. The quantitative estimate of drug-likeness (QED) is 0.552. The van der Waals surface area contributed by atoms with Gasteiger partial charge in [0, 0.05) is 61.6 Å². The second kappa shape index (κ2) is 8.59. The molecule has 4 rings (SSSR count). The Labute approximate surface area is 201 Å². The van der Waals surface area contributed by atoms with Gasteiger partial charge in [0.2, 0.25) is 0 Å². The number of ether oxygens (including phenoxy) is 1. The van der Waals surface area contributed by atoms with E-state index in [1.165, 1.54) is 0 Å². The molecule has 3 aliphatic rings. The first kappa shape index (κ1) is 24.0. The lowest BCUT2D eigenvalue weighted by Gasteiger charge is -2.49. The van der Waals surface area contributed by atoms with Gasteiger partial charge in [0.1, 0.15) is 5.75 Å². The minimum atomic E-state index is -0.445. The van der Waals surface area contributed by atoms with Gasteiger partial charge in [-0.2, -0.15) is 0 Å². The van der Waals surface area contributed by atoms with Crippen molar-refractivity contribution in [1.29, 1.82) is 0 Å². The van der Waals surface area contributed by atoms with E-state index in [2.05, 4.69) is 32.6 Å². The van der Waals surface area contributed by atoms with Gasteiger partial charge in [-0.25, -0.2) is 0 Å². The molecule has 0 fully saturated rings. The van der Waals surface area contributed by atoms with Crippen LogP contribution in [0.2, 0.25) is 5.02 Å². The summed E-state index contributed by atoms with van der Waals surface area (Å²) in [5, 5.41) is 10.2. The Hall–Kier alpha value is -2.11. The maximum Gasteiger partial charge on any atom is 0.162 e. The van der Waals surface area contributed by atoms with Gasteiger partial charge < -0.3 is 14.7 Å². The van der Waals surface area contributed by atoms with Crippen molar-refractivity contribution in [2.75, 3.05) is 20.3 Å². The van der Waals surface area contributed by atoms with Crippen LogP contribution in [0, 0.1) is 10.8 Å². The largest absolute Gasteiger partial charge is 0.506 e. The number of carbonyl (C=O) groups is 2. The molecule has 1 aromatic rings. The molecule has 0 saturated carbocycles. The number of halogens is 1. The summed E-state index contributed by atoms with van der Waals surface area (Å²) in [5.41, 5.74) is 3.99. The van der Waals surface area contributed by atoms with Crippen LogP contribution >= 0.6 is 11.6 Å². The van der Waals surface area contributed by atoms with Crippen LogP contribution in [0.5, 0.6) is 5.75 Å². The molecule has 1 N–H and O–H groups in total. The second-order valence-corrected chi connectivity index (χ2v) is 11.7. The Balaban J connectivity index is 1.96. The number of aromatic hydroxyl groups is 1. The van der Waals surface area contributed by atoms with Crippen LogP contribution in [0.15, 0.2) is 40.7 Å². The summed E-state index contributed by atoms with van der Waals surface area (Å²) >= 11 is 6.28. The van der Waals surface area contributed by atoms with Crippen LogP contribution in [-0.2, 0) is 14.3 Å². The molecule has 0 amide bonds. The number of Topliss-reactive ketones (excluding diaryl/α,β-unsaturated/α-hetero) is 2. The normalized spacial score (nSPS) is 22.5. The van der Waals surface area contributed by atoms with Crippen LogP contribution < -0.4 is 0 Å². The standard InChI is InChI=1S/C27H34ClNO4/c1-26(2)12-18-24(21(31)14-26)23(16-7-8-20(30)17(28)11-16)25-19(29(18)9-6-10-33-5)13-27(3,4)15-22(25)32/h7-8,11,23,30H,6,9-10,12-15H2,1-5H3. The number of hydrogen-bond acceptors (Lipinski definition) is 5. The number of carbonyl (C=O) groups excluding carboxylic acids is 2. The molecule has 1 heterocycles. The van der Waals surface area contributed by atoms with Crippen molar-refractivity contribution >= 4 is 23.2 Å². The minimum absolute atomic E-state index is 0.00645. The summed E-state index contributed by atoms with van der Waals surface area (Å²) in [6.45, 7) is 9.86. The molecule has 0 aromatic heterocycles. The second-order valence-electron chi connectivity index (χ2n) is 11.2. The minimum Gasteiger partial charge on any atom is -0.506 e. The fraction of sp³-hybridized carbons (Fsp3) is 0.556. The Morgan fingerprint density at radius 3 is 2.03 bits per heavy atom. The molecule has 1 aliphatic heterocycles. The number of hydrogen-bond donors (Lipinski definition) is 1. The van der Waals surface area contributed by atoms with Gasteiger partial charge in [0.15, 0.2) is 11.6 Å². The van der Waals surface area contributed by atoms with Crippen molar-refractivity contribution in [2.24, 2.45) is 10.8 Å². The third-order valence-electron chi connectivity index (χ3n) is 7.06. The monoisotopic (exact) mass is 471 g/mol. The van der Waals surface area contributed by atoms with E-state index in [9.17, 15) is 14.7 Å². The zero-order chi connectivity index (χ0) is 24.1. The van der Waals surface area contributed by atoms with Crippen molar-refractivity contribution in [3.05, 3.63) is 51.3 Å². The van der Waals surface area contributed by atoms with E-state index in [0.717, 1.165) is 47.4 Å². The number of ketones is 2. The maximum atomic E-state index is 13.6. The SMILES string of the molecule is COCCCN1C2=C(C(=O)CC(C)(C)C2)C(c2ccc(O)c(Cl)c2)C2=C1CC(C)(C)CC2=O. The number of methoxy groups -OCH3 is 1. The molecule has 178 valence electrons. The van der Waals surface area contributed by atoms with Gasteiger partial charge in [-0.1, -0.05) is 45.4 Å². The summed E-state index contributed by atoms with van der Waals surface area (Å²) in [4.78, 5) is 29.5. The van der Waals surface area contributed by atoms with E-state index in [0.29, 0.717) is 26.0 Å². The zero-order valence-corrected chi connectivity index (χ0v) is 21.0. The number of rotatable bonds is 5. The summed E-state index contributed by atoms with van der Waals surface area (Å²) in [5.74, 6) is -0.264. The maximum absolute atomic E-state index is 13.6. The summed E-state index contributed by atoms with van der Waals surface area (Å²) in [6, 6.07) is 5.05. The molecule has 1 aromatic carbocycles. The Bertz CT molecular complexity index is 1010. The molecular formula is C27H34ClNO4. The molecule has 0 spiro atoms. The molecule has 2 aliphatic carbocycles. The highest BCUT2D eigenvalue weighted by Crippen LogP contribution is 2.54. The number of nitrogens with zero attached hydrogens (tertiary/aromatic N) is 1. The summed E-state index contributed by atoms with van der Waals surface area (Å²) in [6.07, 6.45) is 3.25. The van der Waals surface area contributed by atoms with E-state index in [1.54, 1.807) is 25.3 Å². The van der Waals surface area contributed by atoms with Gasteiger partial charge in [-0.3, -0.25) is 9.59 Å². The van der Waals surface area contributed by atoms with E-state index < -0.39 is 5.92 Å². The highest BCUT2D eigenvalue weighted by molar-refractivity contribution is 6.32. The Morgan fingerprint density at radius 2 is 1.55 bits per heavy atom. The fourth-order valence-electron chi connectivity index (χ4n) is 5.72. The molecule has 0 saturated heterocycles. The number of allylic oxidation sites excluding steroid dienone is 4. The van der Waals surface area contributed by atoms with Gasteiger partial charge in [-0.15, -0.1) is 0 Å². The lowest BCUT2D eigenvalue weighted by molar-refractivity contribution is -0.119. The average molecular weight is 472 g/mol. The molecule has 0 atom stereocenters. The van der Waals surface area contributed by atoms with Gasteiger partial charge >= 0.3 is 0 Å². The van der Waals surface area contributed by atoms with E-state index in [-0.39, 0.29) is 33.2 Å². The molecule has 0 bridgehead atoms. The molecule has 6 heteroatoms. The van der Waals surface area contributed by atoms with Crippen LogP contribution in [-0.4, -0.2) is 41.8 Å². The van der Waals surface area contributed by atoms with Crippen LogP contribution in [0.3, 0.4) is 0 Å². The summed E-state index contributed by atoms with van der Waals surface area (Å²) in [7, 11) is 1.69. The zero-order valence-electron chi connectivity index (χ0n) is 20.3. The Kier molecular flexibility index (Phi) is 6.25. The van der Waals surface area contributed by atoms with Crippen molar-refractivity contribution in [3.63, 3.8) is 0 Å².